The van der Waals surface area contributed by atoms with Crippen LogP contribution >= 0.6 is 35.2 Å². The van der Waals surface area contributed by atoms with Gasteiger partial charge in [-0.25, -0.2) is 4.98 Å². The maximum atomic E-state index is 12.6. The van der Waals surface area contributed by atoms with Crippen molar-refractivity contribution in [2.24, 2.45) is 0 Å². The normalized spacial score (nSPS) is 15.8. The first kappa shape index (κ1) is 19.2. The third-order valence-electron chi connectivity index (χ3n) is 3.61. The Bertz CT molecular complexity index is 955. The number of nitrogens with one attached hydrogen (secondary N) is 1. The van der Waals surface area contributed by atoms with E-state index >= 15 is 0 Å². The Balaban J connectivity index is 1.87. The highest BCUT2D eigenvalue weighted by Crippen LogP contribution is 2.25. The summed E-state index contributed by atoms with van der Waals surface area (Å²) in [7, 11) is 0. The number of benzene rings is 1. The number of ether oxygens (including phenoxy) is 1. The summed E-state index contributed by atoms with van der Waals surface area (Å²) in [5.74, 6) is -0.499. The van der Waals surface area contributed by atoms with Gasteiger partial charge in [-0.3, -0.25) is 19.8 Å². The lowest BCUT2D eigenvalue weighted by Crippen LogP contribution is -2.53. The van der Waals surface area contributed by atoms with E-state index in [-0.39, 0.29) is 23.8 Å². The van der Waals surface area contributed by atoms with Gasteiger partial charge in [0.05, 0.1) is 4.88 Å². The van der Waals surface area contributed by atoms with Gasteiger partial charge in [-0.15, -0.1) is 17.9 Å². The average molecular weight is 420 g/mol. The van der Waals surface area contributed by atoms with Gasteiger partial charge >= 0.3 is 0 Å². The lowest BCUT2D eigenvalue weighted by atomic mass is 10.1. The van der Waals surface area contributed by atoms with Gasteiger partial charge in [0.2, 0.25) is 0 Å². The number of thiazole rings is 1. The minimum Gasteiger partial charge on any atom is -0.487 e. The van der Waals surface area contributed by atoms with Crippen molar-refractivity contribution in [2.75, 3.05) is 6.54 Å². The van der Waals surface area contributed by atoms with Crippen LogP contribution in [0.4, 0.5) is 0 Å². The molecule has 2 aromatic rings. The maximum Gasteiger partial charge on any atom is 0.265 e. The van der Waals surface area contributed by atoms with Gasteiger partial charge in [-0.05, 0) is 24.4 Å². The van der Waals surface area contributed by atoms with Crippen LogP contribution < -0.4 is 10.1 Å². The van der Waals surface area contributed by atoms with Crippen molar-refractivity contribution in [3.63, 3.8) is 0 Å². The predicted octanol–water partition coefficient (Wildman–Crippen LogP) is 3.19. The molecule has 0 aliphatic carbocycles. The van der Waals surface area contributed by atoms with Crippen molar-refractivity contribution in [3.05, 3.63) is 63.6 Å². The minimum absolute atomic E-state index is 0.0256. The molecular weight excluding hydrogens is 406 g/mol. The van der Waals surface area contributed by atoms with Crippen molar-refractivity contribution < 1.29 is 14.3 Å². The monoisotopic (exact) mass is 419 g/mol. The number of thiocarbonyl (C=S) groups is 1. The van der Waals surface area contributed by atoms with Crippen molar-refractivity contribution >= 4 is 58.2 Å². The summed E-state index contributed by atoms with van der Waals surface area (Å²) < 4.78 is 6.25. The molecule has 1 N–H and O–H groups in total. The minimum atomic E-state index is -0.547. The molecule has 0 saturated carbocycles. The summed E-state index contributed by atoms with van der Waals surface area (Å²) in [5.41, 5.74) is 0.570. The van der Waals surface area contributed by atoms with E-state index in [9.17, 15) is 9.59 Å². The summed E-state index contributed by atoms with van der Waals surface area (Å²) in [5, 5.41) is 2.58. The number of carbonyl (C=O) groups excluding carboxylic acids is 2. The van der Waals surface area contributed by atoms with E-state index in [1.54, 1.807) is 30.5 Å². The van der Waals surface area contributed by atoms with Gasteiger partial charge in [0.15, 0.2) is 9.58 Å². The fourth-order valence-corrected chi connectivity index (χ4v) is 3.52. The van der Waals surface area contributed by atoms with Crippen LogP contribution in [0, 0.1) is 0 Å². The lowest BCUT2D eigenvalue weighted by Gasteiger charge is -2.27. The van der Waals surface area contributed by atoms with Gasteiger partial charge in [0, 0.05) is 18.3 Å². The van der Waals surface area contributed by atoms with Crippen molar-refractivity contribution in [1.82, 2.24) is 15.2 Å². The first-order chi connectivity index (χ1) is 13.0. The Morgan fingerprint density at radius 3 is 2.85 bits per heavy atom. The van der Waals surface area contributed by atoms with Gasteiger partial charge in [0.25, 0.3) is 11.8 Å². The summed E-state index contributed by atoms with van der Waals surface area (Å²) in [6.07, 6.45) is 4.67. The molecule has 0 radical (unpaired) electrons. The third kappa shape index (κ3) is 4.41. The molecule has 0 spiro atoms. The smallest absolute Gasteiger partial charge is 0.265 e. The van der Waals surface area contributed by atoms with Crippen LogP contribution in [-0.4, -0.2) is 33.4 Å². The first-order valence-electron chi connectivity index (χ1n) is 7.81. The fraction of sp³-hybridized carbons (Fsp3) is 0.111. The van der Waals surface area contributed by atoms with Crippen LogP contribution in [0.1, 0.15) is 10.4 Å². The maximum absolute atomic E-state index is 12.6. The Labute approximate surface area is 170 Å². The molecule has 27 heavy (non-hydrogen) atoms. The van der Waals surface area contributed by atoms with Crippen LogP contribution in [0.5, 0.6) is 5.75 Å². The highest BCUT2D eigenvalue weighted by atomic mass is 35.5. The van der Waals surface area contributed by atoms with E-state index in [0.29, 0.717) is 15.8 Å². The van der Waals surface area contributed by atoms with Crippen LogP contribution in [-0.2, 0) is 16.2 Å². The Morgan fingerprint density at radius 2 is 2.15 bits per heavy atom. The number of hydrogen-bond donors (Lipinski definition) is 1. The number of amides is 2. The molecule has 1 aromatic carbocycles. The molecule has 1 aliphatic rings. The van der Waals surface area contributed by atoms with E-state index in [0.717, 1.165) is 4.88 Å². The second-order valence-corrected chi connectivity index (χ2v) is 7.51. The standard InChI is InChI=1S/C18H14ClN3O3S2/c1-2-7-22-16(24)13(15(23)21-18(22)26)8-11-5-3-4-6-14(11)25-10-12-9-20-17(19)27-12/h2-6,8-9H,1,7,10H2,(H,21,23,26). The molecule has 6 nitrogen and oxygen atoms in total. The van der Waals surface area contributed by atoms with Crippen LogP contribution in [0.3, 0.4) is 0 Å². The number of carbonyl (C=O) groups is 2. The quantitative estimate of drug-likeness (QED) is 0.337. The van der Waals surface area contributed by atoms with E-state index < -0.39 is 11.8 Å². The molecular formula is C18H14ClN3O3S2. The number of rotatable bonds is 6. The largest absolute Gasteiger partial charge is 0.487 e. The second kappa shape index (κ2) is 8.43. The molecule has 2 heterocycles. The number of aromatic nitrogens is 1. The van der Waals surface area contributed by atoms with Crippen molar-refractivity contribution in [2.45, 2.75) is 6.61 Å². The number of hydrogen-bond acceptors (Lipinski definition) is 6. The zero-order chi connectivity index (χ0) is 19.4. The van der Waals surface area contributed by atoms with E-state index in [4.69, 9.17) is 28.6 Å². The second-order valence-electron chi connectivity index (χ2n) is 5.43. The molecule has 1 aliphatic heterocycles. The summed E-state index contributed by atoms with van der Waals surface area (Å²) in [6, 6.07) is 7.11. The molecule has 9 heteroatoms. The van der Waals surface area contributed by atoms with Crippen LogP contribution in [0.15, 0.2) is 48.7 Å². The van der Waals surface area contributed by atoms with Gasteiger partial charge in [-0.2, -0.15) is 0 Å². The molecule has 1 saturated heterocycles. The summed E-state index contributed by atoms with van der Waals surface area (Å²) >= 11 is 12.2. The van der Waals surface area contributed by atoms with E-state index in [1.807, 2.05) is 0 Å². The molecule has 0 bridgehead atoms. The molecule has 138 valence electrons. The molecule has 0 atom stereocenters. The van der Waals surface area contributed by atoms with Crippen molar-refractivity contribution in [1.29, 1.82) is 0 Å². The topological polar surface area (TPSA) is 71.5 Å². The van der Waals surface area contributed by atoms with Gasteiger partial charge < -0.3 is 4.74 Å². The highest BCUT2D eigenvalue weighted by molar-refractivity contribution is 7.80. The Kier molecular flexibility index (Phi) is 6.00. The van der Waals surface area contributed by atoms with Gasteiger partial charge in [-0.1, -0.05) is 35.9 Å². The molecule has 3 rings (SSSR count). The van der Waals surface area contributed by atoms with Crippen molar-refractivity contribution in [3.8, 4) is 5.75 Å². The zero-order valence-corrected chi connectivity index (χ0v) is 16.4. The molecule has 1 aromatic heterocycles. The predicted molar refractivity (Wildman–Crippen MR) is 109 cm³/mol. The molecule has 1 fully saturated rings. The molecule has 2 amide bonds. The summed E-state index contributed by atoms with van der Waals surface area (Å²) in [4.78, 5) is 31.0. The zero-order valence-electron chi connectivity index (χ0n) is 14.0. The number of nitrogens with zero attached hydrogens (tertiary/aromatic N) is 2. The lowest BCUT2D eigenvalue weighted by molar-refractivity contribution is -0.128. The number of para-hydroxylation sites is 1. The average Bonchev–Trinajstić information content (AvgIpc) is 3.06. The molecule has 0 unspecified atom stereocenters. The SMILES string of the molecule is C=CCN1C(=O)C(=Cc2ccccc2OCc2cnc(Cl)s2)C(=O)NC1=S. The first-order valence-corrected chi connectivity index (χ1v) is 9.41. The third-order valence-corrected chi connectivity index (χ3v) is 5.02. The van der Waals surface area contributed by atoms with Crippen LogP contribution in [0.25, 0.3) is 6.08 Å². The van der Waals surface area contributed by atoms with E-state index in [2.05, 4.69) is 16.9 Å². The highest BCUT2D eigenvalue weighted by Gasteiger charge is 2.32. The number of halogens is 1. The van der Waals surface area contributed by atoms with Crippen LogP contribution in [0.2, 0.25) is 4.47 Å². The van der Waals surface area contributed by atoms with E-state index in [1.165, 1.54) is 28.4 Å². The Morgan fingerprint density at radius 1 is 1.37 bits per heavy atom. The van der Waals surface area contributed by atoms with Gasteiger partial charge in [0.1, 0.15) is 17.9 Å². The fourth-order valence-electron chi connectivity index (χ4n) is 2.37. The Hall–Kier alpha value is -2.55. The summed E-state index contributed by atoms with van der Waals surface area (Å²) in [6.45, 7) is 4.08.